The Bertz CT molecular complexity index is 559. The van der Waals surface area contributed by atoms with Crippen molar-refractivity contribution in [3.8, 4) is 0 Å². The van der Waals surface area contributed by atoms with E-state index in [0.717, 1.165) is 6.54 Å². The Morgan fingerprint density at radius 2 is 2.00 bits per heavy atom. The van der Waals surface area contributed by atoms with Gasteiger partial charge >= 0.3 is 0 Å². The van der Waals surface area contributed by atoms with Gasteiger partial charge in [-0.25, -0.2) is 0 Å². The van der Waals surface area contributed by atoms with Crippen LogP contribution in [-0.4, -0.2) is 24.0 Å². The van der Waals surface area contributed by atoms with Crippen molar-refractivity contribution in [2.24, 2.45) is 5.73 Å². The summed E-state index contributed by atoms with van der Waals surface area (Å²) < 4.78 is 0. The van der Waals surface area contributed by atoms with Crippen LogP contribution < -0.4 is 5.73 Å². The number of hydrogen-bond donors (Lipinski definition) is 1. The van der Waals surface area contributed by atoms with E-state index in [9.17, 15) is 0 Å². The van der Waals surface area contributed by atoms with Crippen molar-refractivity contribution in [1.82, 2.24) is 4.90 Å². The summed E-state index contributed by atoms with van der Waals surface area (Å²) >= 11 is 0. The Labute approximate surface area is 115 Å². The van der Waals surface area contributed by atoms with Crippen molar-refractivity contribution in [2.75, 3.05) is 13.1 Å². The quantitative estimate of drug-likeness (QED) is 0.910. The molecule has 0 radical (unpaired) electrons. The first-order chi connectivity index (χ1) is 9.31. The molecule has 1 aliphatic rings. The van der Waals surface area contributed by atoms with Gasteiger partial charge in [0, 0.05) is 18.6 Å². The van der Waals surface area contributed by atoms with Crippen LogP contribution in [0.3, 0.4) is 0 Å². The topological polar surface area (TPSA) is 29.3 Å². The molecule has 1 fully saturated rings. The monoisotopic (exact) mass is 254 g/mol. The molecule has 1 aliphatic heterocycles. The van der Waals surface area contributed by atoms with Crippen molar-refractivity contribution in [2.45, 2.75) is 31.8 Å². The maximum Gasteiger partial charge on any atom is 0.0329 e. The van der Waals surface area contributed by atoms with Gasteiger partial charge in [-0.3, -0.25) is 4.90 Å². The molecule has 2 aromatic rings. The lowest BCUT2D eigenvalue weighted by atomic mass is 9.98. The summed E-state index contributed by atoms with van der Waals surface area (Å²) in [7, 11) is 0. The molecule has 0 spiro atoms. The van der Waals surface area contributed by atoms with Gasteiger partial charge in [-0.15, -0.1) is 0 Å². The van der Waals surface area contributed by atoms with Crippen molar-refractivity contribution in [3.63, 3.8) is 0 Å². The molecule has 1 saturated heterocycles. The molecule has 0 aromatic heterocycles. The number of fused-ring (bicyclic) bond motifs is 1. The van der Waals surface area contributed by atoms with Gasteiger partial charge in [0.2, 0.25) is 0 Å². The lowest BCUT2D eigenvalue weighted by Crippen LogP contribution is -2.37. The van der Waals surface area contributed by atoms with Crippen molar-refractivity contribution < 1.29 is 0 Å². The van der Waals surface area contributed by atoms with Gasteiger partial charge in [-0.2, -0.15) is 0 Å². The molecule has 2 N–H and O–H groups in total. The molecular formula is C17H22N2. The summed E-state index contributed by atoms with van der Waals surface area (Å²) in [6, 6.07) is 16.3. The number of nitrogens with zero attached hydrogens (tertiary/aromatic N) is 1. The maximum atomic E-state index is 5.91. The van der Waals surface area contributed by atoms with E-state index in [1.807, 2.05) is 0 Å². The second-order valence-corrected chi connectivity index (χ2v) is 5.51. The highest BCUT2D eigenvalue weighted by atomic mass is 15.2. The van der Waals surface area contributed by atoms with Crippen LogP contribution in [0.25, 0.3) is 10.8 Å². The third-order valence-electron chi connectivity index (χ3n) is 4.47. The standard InChI is InChI=1S/C17H22N2/c1-13(19-11-5-8-15(19)12-18)16-10-4-7-14-6-2-3-9-17(14)16/h2-4,6-7,9-10,13,15H,5,8,11-12,18H2,1H3. The molecule has 2 heteroatoms. The van der Waals surface area contributed by atoms with Crippen LogP contribution in [0.4, 0.5) is 0 Å². The van der Waals surface area contributed by atoms with Crippen molar-refractivity contribution >= 4 is 10.8 Å². The number of nitrogens with two attached hydrogens (primary N) is 1. The first-order valence-electron chi connectivity index (χ1n) is 7.24. The van der Waals surface area contributed by atoms with E-state index in [-0.39, 0.29) is 0 Å². The normalized spacial score (nSPS) is 21.9. The first kappa shape index (κ1) is 12.6. The molecule has 1 heterocycles. The van der Waals surface area contributed by atoms with Crippen LogP contribution in [0, 0.1) is 0 Å². The van der Waals surface area contributed by atoms with Gasteiger partial charge in [-0.05, 0) is 42.6 Å². The van der Waals surface area contributed by atoms with E-state index in [2.05, 4.69) is 54.3 Å². The molecular weight excluding hydrogens is 232 g/mol. The smallest absolute Gasteiger partial charge is 0.0329 e. The molecule has 19 heavy (non-hydrogen) atoms. The molecule has 3 rings (SSSR count). The Kier molecular flexibility index (Phi) is 3.54. The first-order valence-corrected chi connectivity index (χ1v) is 7.24. The van der Waals surface area contributed by atoms with Gasteiger partial charge in [0.1, 0.15) is 0 Å². The Balaban J connectivity index is 1.99. The molecule has 0 bridgehead atoms. The molecule has 2 unspecified atom stereocenters. The third kappa shape index (κ3) is 2.26. The predicted molar refractivity (Wildman–Crippen MR) is 81.1 cm³/mol. The average molecular weight is 254 g/mol. The maximum absolute atomic E-state index is 5.91. The lowest BCUT2D eigenvalue weighted by molar-refractivity contribution is 0.198. The van der Waals surface area contributed by atoms with E-state index in [1.54, 1.807) is 0 Å². The number of hydrogen-bond acceptors (Lipinski definition) is 2. The van der Waals surface area contributed by atoms with E-state index in [1.165, 1.54) is 35.7 Å². The van der Waals surface area contributed by atoms with Crippen LogP contribution in [-0.2, 0) is 0 Å². The minimum atomic E-state index is 0.446. The zero-order chi connectivity index (χ0) is 13.2. The third-order valence-corrected chi connectivity index (χ3v) is 4.47. The second-order valence-electron chi connectivity index (χ2n) is 5.51. The Morgan fingerprint density at radius 1 is 1.21 bits per heavy atom. The molecule has 100 valence electrons. The second kappa shape index (κ2) is 5.32. The predicted octanol–water partition coefficient (Wildman–Crippen LogP) is 3.32. The summed E-state index contributed by atoms with van der Waals surface area (Å²) in [4.78, 5) is 2.57. The highest BCUT2D eigenvalue weighted by Gasteiger charge is 2.28. The minimum absolute atomic E-state index is 0.446. The Hall–Kier alpha value is -1.38. The van der Waals surface area contributed by atoms with Gasteiger partial charge in [0.05, 0.1) is 0 Å². The summed E-state index contributed by atoms with van der Waals surface area (Å²) in [5.41, 5.74) is 7.34. The van der Waals surface area contributed by atoms with Gasteiger partial charge in [0.25, 0.3) is 0 Å². The molecule has 2 atom stereocenters. The molecule has 2 aromatic carbocycles. The molecule has 2 nitrogen and oxygen atoms in total. The van der Waals surface area contributed by atoms with Crippen molar-refractivity contribution in [1.29, 1.82) is 0 Å². The molecule has 0 amide bonds. The fourth-order valence-electron chi connectivity index (χ4n) is 3.41. The SMILES string of the molecule is CC(c1cccc2ccccc12)N1CCCC1CN. The van der Waals surface area contributed by atoms with Crippen LogP contribution in [0.1, 0.15) is 31.4 Å². The minimum Gasteiger partial charge on any atom is -0.329 e. The number of benzene rings is 2. The van der Waals surface area contributed by atoms with Gasteiger partial charge in [-0.1, -0.05) is 42.5 Å². The molecule has 0 aliphatic carbocycles. The Morgan fingerprint density at radius 3 is 2.84 bits per heavy atom. The van der Waals surface area contributed by atoms with Crippen LogP contribution in [0.2, 0.25) is 0 Å². The van der Waals surface area contributed by atoms with Crippen molar-refractivity contribution in [3.05, 3.63) is 48.0 Å². The molecule has 0 saturated carbocycles. The van der Waals surface area contributed by atoms with Crippen LogP contribution in [0.5, 0.6) is 0 Å². The summed E-state index contributed by atoms with van der Waals surface area (Å²) in [6.45, 7) is 4.26. The largest absolute Gasteiger partial charge is 0.329 e. The van der Waals surface area contributed by atoms with E-state index >= 15 is 0 Å². The summed E-state index contributed by atoms with van der Waals surface area (Å²) in [5, 5.41) is 2.70. The van der Waals surface area contributed by atoms with Gasteiger partial charge in [0.15, 0.2) is 0 Å². The average Bonchev–Trinajstić information content (AvgIpc) is 2.94. The van der Waals surface area contributed by atoms with Gasteiger partial charge < -0.3 is 5.73 Å². The zero-order valence-electron chi connectivity index (χ0n) is 11.5. The lowest BCUT2D eigenvalue weighted by Gasteiger charge is -2.31. The number of rotatable bonds is 3. The van der Waals surface area contributed by atoms with E-state index < -0.39 is 0 Å². The zero-order valence-corrected chi connectivity index (χ0v) is 11.5. The van der Waals surface area contributed by atoms with E-state index in [0.29, 0.717) is 12.1 Å². The number of likely N-dealkylation sites (tertiary alicyclic amines) is 1. The van der Waals surface area contributed by atoms with Crippen LogP contribution >= 0.6 is 0 Å². The van der Waals surface area contributed by atoms with Crippen LogP contribution in [0.15, 0.2) is 42.5 Å². The summed E-state index contributed by atoms with van der Waals surface area (Å²) in [5.74, 6) is 0. The van der Waals surface area contributed by atoms with E-state index in [4.69, 9.17) is 5.73 Å². The fourth-order valence-corrected chi connectivity index (χ4v) is 3.41. The highest BCUT2D eigenvalue weighted by molar-refractivity contribution is 5.86. The fraction of sp³-hybridized carbons (Fsp3) is 0.412. The highest BCUT2D eigenvalue weighted by Crippen LogP contribution is 2.32. The summed E-state index contributed by atoms with van der Waals surface area (Å²) in [6.07, 6.45) is 2.52.